The third-order valence-electron chi connectivity index (χ3n) is 10.4. The summed E-state index contributed by atoms with van der Waals surface area (Å²) in [6, 6.07) is 20.4. The lowest BCUT2D eigenvalue weighted by Gasteiger charge is -2.58. The lowest BCUT2D eigenvalue weighted by Crippen LogP contribution is -2.54. The number of ether oxygens (including phenoxy) is 1. The Morgan fingerprint density at radius 2 is 1.38 bits per heavy atom. The van der Waals surface area contributed by atoms with Crippen molar-refractivity contribution < 1.29 is 4.74 Å². The maximum absolute atomic E-state index is 6.05. The van der Waals surface area contributed by atoms with Crippen LogP contribution in [0.15, 0.2) is 54.6 Å². The zero-order chi connectivity index (χ0) is 25.4. The molecular weight excluding hydrogens is 412 g/mol. The molecule has 0 aliphatic heterocycles. The van der Waals surface area contributed by atoms with Crippen molar-refractivity contribution in [1.29, 1.82) is 0 Å². The fourth-order valence-electron chi connectivity index (χ4n) is 6.47. The molecule has 1 unspecified atom stereocenters. The molecule has 0 aromatic heterocycles. The molecule has 0 spiro atoms. The Kier molecular flexibility index (Phi) is 7.51. The summed E-state index contributed by atoms with van der Waals surface area (Å²) in [5, 5.41) is 0. The number of hydrogen-bond donors (Lipinski definition) is 0. The minimum absolute atomic E-state index is 0.0553. The van der Waals surface area contributed by atoms with Gasteiger partial charge in [-0.2, -0.15) is 0 Å². The van der Waals surface area contributed by atoms with Crippen LogP contribution in [-0.4, -0.2) is 12.7 Å². The molecule has 1 nitrogen and oxygen atoms in total. The Bertz CT molecular complexity index is 948. The van der Waals surface area contributed by atoms with Crippen LogP contribution < -0.4 is 0 Å². The van der Waals surface area contributed by atoms with E-state index in [0.717, 1.165) is 13.0 Å². The smallest absolute Gasteiger partial charge is 0.0518 e. The summed E-state index contributed by atoms with van der Waals surface area (Å²) in [7, 11) is 0. The van der Waals surface area contributed by atoms with Crippen LogP contribution in [0.3, 0.4) is 0 Å². The van der Waals surface area contributed by atoms with Crippen molar-refractivity contribution in [2.75, 3.05) is 6.61 Å². The van der Waals surface area contributed by atoms with E-state index in [1.165, 1.54) is 24.8 Å². The summed E-state index contributed by atoms with van der Waals surface area (Å²) in [5.74, 6) is 0. The summed E-state index contributed by atoms with van der Waals surface area (Å²) in [6.45, 7) is 25.1. The Morgan fingerprint density at radius 3 is 2.00 bits per heavy atom. The summed E-state index contributed by atoms with van der Waals surface area (Å²) in [6.07, 6.45) is 4.93. The molecule has 0 N–H and O–H groups in total. The van der Waals surface area contributed by atoms with Gasteiger partial charge in [0.25, 0.3) is 0 Å². The van der Waals surface area contributed by atoms with E-state index in [0.29, 0.717) is 0 Å². The number of fused-ring (bicyclic) bond motifs is 1. The Hall–Kier alpha value is -1.60. The third kappa shape index (κ3) is 4.62. The molecule has 1 aliphatic carbocycles. The van der Waals surface area contributed by atoms with E-state index in [2.05, 4.69) is 124 Å². The molecule has 0 saturated heterocycles. The van der Waals surface area contributed by atoms with Crippen LogP contribution >= 0.6 is 0 Å². The fourth-order valence-corrected chi connectivity index (χ4v) is 6.47. The largest absolute Gasteiger partial charge is 0.379 e. The molecule has 1 atom stereocenters. The van der Waals surface area contributed by atoms with Crippen LogP contribution in [0.4, 0.5) is 0 Å². The van der Waals surface area contributed by atoms with Crippen molar-refractivity contribution in [3.63, 3.8) is 0 Å². The van der Waals surface area contributed by atoms with E-state index in [1.54, 1.807) is 11.1 Å². The summed E-state index contributed by atoms with van der Waals surface area (Å²) >= 11 is 0. The fraction of sp³-hybridized carbons (Fsp3) is 0.636. The Morgan fingerprint density at radius 1 is 0.794 bits per heavy atom. The summed E-state index contributed by atoms with van der Waals surface area (Å²) in [5.41, 5.74) is 5.08. The van der Waals surface area contributed by atoms with E-state index in [1.807, 2.05) is 0 Å². The minimum Gasteiger partial charge on any atom is -0.379 e. The van der Waals surface area contributed by atoms with Gasteiger partial charge < -0.3 is 4.74 Å². The molecule has 1 heteroatoms. The summed E-state index contributed by atoms with van der Waals surface area (Å²) < 4.78 is 6.05. The highest BCUT2D eigenvalue weighted by Gasteiger charge is 2.58. The van der Waals surface area contributed by atoms with Gasteiger partial charge in [0.15, 0.2) is 0 Å². The van der Waals surface area contributed by atoms with Gasteiger partial charge in [-0.25, -0.2) is 0 Å². The van der Waals surface area contributed by atoms with Gasteiger partial charge >= 0.3 is 0 Å². The molecule has 1 aliphatic rings. The van der Waals surface area contributed by atoms with Crippen molar-refractivity contribution in [3.05, 3.63) is 71.3 Å². The SMILES string of the molecule is CC(C)OCCC(C)(C)C(C)(C)C1(CC(C)(C)C(C)(C)c2ccccc2)CCc2ccccc21. The van der Waals surface area contributed by atoms with Crippen LogP contribution in [0.1, 0.15) is 105 Å². The van der Waals surface area contributed by atoms with E-state index < -0.39 is 0 Å². The monoisotopic (exact) mass is 462 g/mol. The van der Waals surface area contributed by atoms with E-state index in [4.69, 9.17) is 4.74 Å². The van der Waals surface area contributed by atoms with E-state index >= 15 is 0 Å². The lowest BCUT2D eigenvalue weighted by molar-refractivity contribution is -0.0483. The molecule has 0 heterocycles. The van der Waals surface area contributed by atoms with Gasteiger partial charge in [-0.1, -0.05) is 110 Å². The molecule has 0 bridgehead atoms. The first kappa shape index (κ1) is 27.0. The van der Waals surface area contributed by atoms with E-state index in [9.17, 15) is 0 Å². The van der Waals surface area contributed by atoms with E-state index in [-0.39, 0.29) is 33.2 Å². The molecule has 0 radical (unpaired) electrons. The van der Waals surface area contributed by atoms with Crippen molar-refractivity contribution >= 4 is 0 Å². The van der Waals surface area contributed by atoms with Gasteiger partial charge in [-0.15, -0.1) is 0 Å². The van der Waals surface area contributed by atoms with Crippen LogP contribution in [-0.2, 0) is 22.0 Å². The quantitative estimate of drug-likeness (QED) is 0.342. The zero-order valence-corrected chi connectivity index (χ0v) is 23.7. The van der Waals surface area contributed by atoms with Crippen molar-refractivity contribution in [1.82, 2.24) is 0 Å². The highest BCUT2D eigenvalue weighted by molar-refractivity contribution is 5.43. The van der Waals surface area contributed by atoms with Gasteiger partial charge in [0.05, 0.1) is 6.10 Å². The molecular formula is C33H50O. The lowest BCUT2D eigenvalue weighted by atomic mass is 9.45. The molecule has 188 valence electrons. The zero-order valence-electron chi connectivity index (χ0n) is 23.7. The van der Waals surface area contributed by atoms with Crippen molar-refractivity contribution in [2.45, 2.75) is 112 Å². The van der Waals surface area contributed by atoms with Crippen LogP contribution in [0.25, 0.3) is 0 Å². The average Bonchev–Trinajstić information content (AvgIpc) is 3.13. The Balaban J connectivity index is 2.08. The van der Waals surface area contributed by atoms with Crippen molar-refractivity contribution in [2.24, 2.45) is 16.2 Å². The second-order valence-electron chi connectivity index (χ2n) is 13.5. The maximum Gasteiger partial charge on any atom is 0.0518 e. The summed E-state index contributed by atoms with van der Waals surface area (Å²) in [4.78, 5) is 0. The van der Waals surface area contributed by atoms with Crippen molar-refractivity contribution in [3.8, 4) is 0 Å². The third-order valence-corrected chi connectivity index (χ3v) is 10.4. The van der Waals surface area contributed by atoms with Crippen LogP contribution in [0.2, 0.25) is 0 Å². The first-order chi connectivity index (χ1) is 15.7. The minimum atomic E-state index is 0.0553. The number of hydrogen-bond acceptors (Lipinski definition) is 1. The van der Waals surface area contributed by atoms with Crippen LogP contribution in [0.5, 0.6) is 0 Å². The Labute approximate surface area is 210 Å². The predicted octanol–water partition coefficient (Wildman–Crippen LogP) is 9.13. The molecule has 0 amide bonds. The normalized spacial score (nSPS) is 19.5. The molecule has 0 fully saturated rings. The molecule has 3 rings (SSSR count). The maximum atomic E-state index is 6.05. The van der Waals surface area contributed by atoms with Gasteiger partial charge in [0.1, 0.15) is 0 Å². The number of benzene rings is 2. The first-order valence-electron chi connectivity index (χ1n) is 13.4. The predicted molar refractivity (Wildman–Crippen MR) is 148 cm³/mol. The van der Waals surface area contributed by atoms with Gasteiger partial charge in [-0.05, 0) is 77.9 Å². The van der Waals surface area contributed by atoms with Crippen LogP contribution in [0, 0.1) is 16.2 Å². The molecule has 2 aromatic rings. The molecule has 34 heavy (non-hydrogen) atoms. The van der Waals surface area contributed by atoms with Gasteiger partial charge in [0, 0.05) is 12.0 Å². The van der Waals surface area contributed by atoms with Gasteiger partial charge in [0.2, 0.25) is 0 Å². The average molecular weight is 463 g/mol. The number of rotatable bonds is 10. The second kappa shape index (κ2) is 9.45. The topological polar surface area (TPSA) is 9.23 Å². The standard InChI is InChI=1S/C33H50O/c1-25(2)34-23-22-29(3,4)32(9,10)33(21-20-26-16-14-15-19-28(26)33)24-30(5,6)31(7,8)27-17-12-11-13-18-27/h11-19,25H,20-24H2,1-10H3. The highest BCUT2D eigenvalue weighted by Crippen LogP contribution is 2.64. The number of aryl methyl sites for hydroxylation is 1. The molecule has 0 saturated carbocycles. The second-order valence-corrected chi connectivity index (χ2v) is 13.5. The molecule has 2 aromatic carbocycles. The first-order valence-corrected chi connectivity index (χ1v) is 13.4. The highest BCUT2D eigenvalue weighted by atomic mass is 16.5. The van der Waals surface area contributed by atoms with Gasteiger partial charge in [-0.3, -0.25) is 0 Å².